The molecule has 0 saturated carbocycles. The van der Waals surface area contributed by atoms with E-state index in [1.54, 1.807) is 0 Å². The van der Waals surface area contributed by atoms with E-state index in [0.717, 1.165) is 25.0 Å². The molecule has 21 heavy (non-hydrogen) atoms. The third kappa shape index (κ3) is 3.00. The van der Waals surface area contributed by atoms with Crippen molar-refractivity contribution >= 4 is 17.3 Å². The normalized spacial score (nSPS) is 15.0. The van der Waals surface area contributed by atoms with Gasteiger partial charge in [-0.25, -0.2) is 0 Å². The summed E-state index contributed by atoms with van der Waals surface area (Å²) in [5.41, 5.74) is 2.37. The van der Waals surface area contributed by atoms with Crippen LogP contribution in [-0.4, -0.2) is 6.04 Å². The Kier molecular flexibility index (Phi) is 3.57. The molecular weight excluding hydrogens is 299 g/mol. The van der Waals surface area contributed by atoms with Crippen LogP contribution in [0.5, 0.6) is 0 Å². The minimum Gasteiger partial charge on any atom is -0.380 e. The predicted molar refractivity (Wildman–Crippen MR) is 77.7 cm³/mol. The number of hydrogen-bond donors (Lipinski definition) is 1. The molecule has 0 unspecified atom stereocenters. The maximum Gasteiger partial charge on any atom is 0.416 e. The maximum absolute atomic E-state index is 12.6. The molecule has 0 aliphatic heterocycles. The van der Waals surface area contributed by atoms with Gasteiger partial charge < -0.3 is 5.32 Å². The van der Waals surface area contributed by atoms with Gasteiger partial charge in [0.2, 0.25) is 0 Å². The molecule has 0 fully saturated rings. The van der Waals surface area contributed by atoms with Crippen LogP contribution >= 0.6 is 11.6 Å². The zero-order valence-corrected chi connectivity index (χ0v) is 11.8. The highest BCUT2D eigenvalue weighted by molar-refractivity contribution is 6.33. The third-order valence-corrected chi connectivity index (χ3v) is 4.02. The van der Waals surface area contributed by atoms with E-state index in [1.165, 1.54) is 17.2 Å². The van der Waals surface area contributed by atoms with E-state index in [-0.39, 0.29) is 11.1 Å². The van der Waals surface area contributed by atoms with Crippen molar-refractivity contribution in [1.82, 2.24) is 0 Å². The summed E-state index contributed by atoms with van der Waals surface area (Å²) in [7, 11) is 0. The van der Waals surface area contributed by atoms with Crippen molar-refractivity contribution < 1.29 is 13.2 Å². The Morgan fingerprint density at radius 3 is 2.14 bits per heavy atom. The van der Waals surface area contributed by atoms with Gasteiger partial charge in [-0.15, -0.1) is 0 Å². The lowest BCUT2D eigenvalue weighted by Crippen LogP contribution is -2.19. The highest BCUT2D eigenvalue weighted by Gasteiger charge is 2.31. The average Bonchev–Trinajstić information content (AvgIpc) is 2.82. The van der Waals surface area contributed by atoms with Gasteiger partial charge in [-0.3, -0.25) is 0 Å². The van der Waals surface area contributed by atoms with Crippen molar-refractivity contribution in [3.05, 3.63) is 64.2 Å². The Hall–Kier alpha value is -1.68. The van der Waals surface area contributed by atoms with E-state index in [9.17, 15) is 13.2 Å². The number of halogens is 4. The quantitative estimate of drug-likeness (QED) is 0.828. The first-order valence-corrected chi connectivity index (χ1v) is 7.01. The topological polar surface area (TPSA) is 12.0 Å². The van der Waals surface area contributed by atoms with Crippen molar-refractivity contribution in [1.29, 1.82) is 0 Å². The molecule has 5 heteroatoms. The average molecular weight is 312 g/mol. The van der Waals surface area contributed by atoms with Crippen molar-refractivity contribution in [3.63, 3.8) is 0 Å². The van der Waals surface area contributed by atoms with Gasteiger partial charge in [0.1, 0.15) is 0 Å². The molecule has 1 aliphatic rings. The smallest absolute Gasteiger partial charge is 0.380 e. The van der Waals surface area contributed by atoms with Gasteiger partial charge in [0.25, 0.3) is 0 Å². The Balaban J connectivity index is 1.75. The number of hydrogen-bond acceptors (Lipinski definition) is 1. The van der Waals surface area contributed by atoms with Crippen LogP contribution in [-0.2, 0) is 19.0 Å². The van der Waals surface area contributed by atoms with E-state index in [4.69, 9.17) is 11.6 Å². The fraction of sp³-hybridized carbons (Fsp3) is 0.250. The van der Waals surface area contributed by atoms with E-state index in [0.29, 0.717) is 5.69 Å². The molecule has 1 N–H and O–H groups in total. The lowest BCUT2D eigenvalue weighted by atomic mass is 10.1. The van der Waals surface area contributed by atoms with Crippen LogP contribution in [0.4, 0.5) is 18.9 Å². The molecule has 2 aromatic carbocycles. The fourth-order valence-corrected chi connectivity index (χ4v) is 2.92. The molecule has 0 radical (unpaired) electrons. The van der Waals surface area contributed by atoms with E-state index in [2.05, 4.69) is 17.4 Å². The molecule has 0 heterocycles. The first kappa shape index (κ1) is 14.3. The van der Waals surface area contributed by atoms with Crippen LogP contribution in [0, 0.1) is 0 Å². The molecule has 0 bridgehead atoms. The van der Waals surface area contributed by atoms with Crippen molar-refractivity contribution in [2.75, 3.05) is 5.32 Å². The van der Waals surface area contributed by atoms with Gasteiger partial charge in [0, 0.05) is 6.04 Å². The van der Waals surface area contributed by atoms with Gasteiger partial charge in [-0.2, -0.15) is 13.2 Å². The Bertz CT molecular complexity index is 642. The highest BCUT2D eigenvalue weighted by atomic mass is 35.5. The molecule has 3 rings (SSSR count). The minimum absolute atomic E-state index is 0.0979. The summed E-state index contributed by atoms with van der Waals surface area (Å²) in [6.45, 7) is 0. The molecule has 1 aliphatic carbocycles. The minimum atomic E-state index is -4.37. The molecule has 0 saturated heterocycles. The highest BCUT2D eigenvalue weighted by Crippen LogP contribution is 2.34. The Morgan fingerprint density at radius 2 is 1.62 bits per heavy atom. The summed E-state index contributed by atoms with van der Waals surface area (Å²) in [4.78, 5) is 0. The zero-order valence-electron chi connectivity index (χ0n) is 11.0. The lowest BCUT2D eigenvalue weighted by Gasteiger charge is -2.16. The van der Waals surface area contributed by atoms with Gasteiger partial charge in [0.15, 0.2) is 0 Å². The van der Waals surface area contributed by atoms with Crippen molar-refractivity contribution in [2.45, 2.75) is 25.1 Å². The number of fused-ring (bicyclic) bond motifs is 1. The summed E-state index contributed by atoms with van der Waals surface area (Å²) in [5, 5.41) is 3.33. The van der Waals surface area contributed by atoms with Crippen LogP contribution < -0.4 is 5.32 Å². The standard InChI is InChI=1S/C16H13ClF3N/c17-14-9-12(16(18,19)20)5-6-15(14)21-13-7-10-3-1-2-4-11(10)8-13/h1-6,9,13,21H,7-8H2. The lowest BCUT2D eigenvalue weighted by molar-refractivity contribution is -0.137. The number of alkyl halides is 3. The van der Waals surface area contributed by atoms with E-state index in [1.807, 2.05) is 12.1 Å². The van der Waals surface area contributed by atoms with Gasteiger partial charge >= 0.3 is 6.18 Å². The van der Waals surface area contributed by atoms with Crippen LogP contribution in [0.25, 0.3) is 0 Å². The van der Waals surface area contributed by atoms with Gasteiger partial charge in [-0.05, 0) is 42.2 Å². The van der Waals surface area contributed by atoms with Gasteiger partial charge in [0.05, 0.1) is 16.3 Å². The molecule has 110 valence electrons. The maximum atomic E-state index is 12.6. The Labute approximate surface area is 125 Å². The van der Waals surface area contributed by atoms with E-state index >= 15 is 0 Å². The monoisotopic (exact) mass is 311 g/mol. The predicted octanol–water partition coefficient (Wildman–Crippen LogP) is 4.94. The van der Waals surface area contributed by atoms with Crippen molar-refractivity contribution in [2.24, 2.45) is 0 Å². The second-order valence-electron chi connectivity index (χ2n) is 5.21. The SMILES string of the molecule is FC(F)(F)c1ccc(NC2Cc3ccccc3C2)c(Cl)c1. The van der Waals surface area contributed by atoms with Gasteiger partial charge in [-0.1, -0.05) is 35.9 Å². The summed E-state index contributed by atoms with van der Waals surface area (Å²) in [6.07, 6.45) is -2.66. The fourth-order valence-electron chi connectivity index (χ4n) is 2.69. The number of rotatable bonds is 2. The third-order valence-electron chi connectivity index (χ3n) is 3.71. The van der Waals surface area contributed by atoms with Crippen LogP contribution in [0.3, 0.4) is 0 Å². The molecule has 0 amide bonds. The molecular formula is C16H13ClF3N. The molecule has 2 aromatic rings. The summed E-state index contributed by atoms with van der Waals surface area (Å²) >= 11 is 5.96. The first-order valence-electron chi connectivity index (χ1n) is 6.63. The molecule has 0 atom stereocenters. The number of anilines is 1. The molecule has 0 aromatic heterocycles. The number of benzene rings is 2. The van der Waals surface area contributed by atoms with Crippen LogP contribution in [0.2, 0.25) is 5.02 Å². The summed E-state index contributed by atoms with van der Waals surface area (Å²) in [6, 6.07) is 11.7. The number of nitrogens with one attached hydrogen (secondary N) is 1. The molecule has 1 nitrogen and oxygen atoms in total. The zero-order chi connectivity index (χ0) is 15.0. The summed E-state index contributed by atoms with van der Waals surface area (Å²) < 4.78 is 37.8. The van der Waals surface area contributed by atoms with Crippen LogP contribution in [0.1, 0.15) is 16.7 Å². The summed E-state index contributed by atoms with van der Waals surface area (Å²) in [5.74, 6) is 0. The van der Waals surface area contributed by atoms with E-state index < -0.39 is 11.7 Å². The Morgan fingerprint density at radius 1 is 1.00 bits per heavy atom. The molecule has 0 spiro atoms. The second kappa shape index (κ2) is 5.26. The van der Waals surface area contributed by atoms with Crippen LogP contribution in [0.15, 0.2) is 42.5 Å². The largest absolute Gasteiger partial charge is 0.416 e. The second-order valence-corrected chi connectivity index (χ2v) is 5.62. The first-order chi connectivity index (χ1) is 9.93. The van der Waals surface area contributed by atoms with Crippen molar-refractivity contribution in [3.8, 4) is 0 Å².